The largest absolute Gasteiger partial charge is 0.319 e. The van der Waals surface area contributed by atoms with Crippen LogP contribution in [0.4, 0.5) is 5.69 Å². The fraction of sp³-hybridized carbons (Fsp3) is 0.250. The lowest BCUT2D eigenvalue weighted by Gasteiger charge is -2.02. The molecule has 4 heteroatoms. The number of amides is 1. The van der Waals surface area contributed by atoms with Crippen LogP contribution in [0.1, 0.15) is 22.5 Å². The Morgan fingerprint density at radius 2 is 1.85 bits per heavy atom. The van der Waals surface area contributed by atoms with Gasteiger partial charge in [-0.1, -0.05) is 29.8 Å². The molecule has 0 aliphatic carbocycles. The van der Waals surface area contributed by atoms with Crippen LogP contribution in [0.3, 0.4) is 0 Å². The van der Waals surface area contributed by atoms with Gasteiger partial charge in [0.2, 0.25) is 5.91 Å². The first-order valence-corrected chi connectivity index (χ1v) is 6.53. The van der Waals surface area contributed by atoms with Crippen molar-refractivity contribution in [3.8, 4) is 0 Å². The van der Waals surface area contributed by atoms with E-state index < -0.39 is 0 Å². The molecule has 0 aliphatic rings. The average Bonchev–Trinajstić information content (AvgIpc) is 2.65. The number of hydrogen-bond donors (Lipinski definition) is 1. The van der Waals surface area contributed by atoms with Crippen molar-refractivity contribution < 1.29 is 4.79 Å². The van der Waals surface area contributed by atoms with E-state index in [2.05, 4.69) is 10.4 Å². The Balaban J connectivity index is 2.07. The van der Waals surface area contributed by atoms with Gasteiger partial charge in [0.15, 0.2) is 0 Å². The Morgan fingerprint density at radius 3 is 2.40 bits per heavy atom. The second kappa shape index (κ2) is 5.74. The fourth-order valence-corrected chi connectivity index (χ4v) is 1.97. The van der Waals surface area contributed by atoms with Crippen molar-refractivity contribution in [3.63, 3.8) is 0 Å². The van der Waals surface area contributed by atoms with Crippen molar-refractivity contribution >= 4 is 17.7 Å². The maximum absolute atomic E-state index is 11.9. The molecule has 1 N–H and O–H groups in total. The van der Waals surface area contributed by atoms with Crippen molar-refractivity contribution in [2.24, 2.45) is 7.05 Å². The van der Waals surface area contributed by atoms with Gasteiger partial charge in [0.05, 0.1) is 17.1 Å². The fourth-order valence-electron chi connectivity index (χ4n) is 1.97. The van der Waals surface area contributed by atoms with Gasteiger partial charge in [0.1, 0.15) is 0 Å². The van der Waals surface area contributed by atoms with Crippen LogP contribution in [0, 0.1) is 20.8 Å². The van der Waals surface area contributed by atoms with Crippen LogP contribution in [0.5, 0.6) is 0 Å². The van der Waals surface area contributed by atoms with Crippen molar-refractivity contribution in [1.82, 2.24) is 9.78 Å². The molecule has 1 amide bonds. The second-order valence-corrected chi connectivity index (χ2v) is 4.90. The molecule has 0 bridgehead atoms. The summed E-state index contributed by atoms with van der Waals surface area (Å²) in [6, 6.07) is 8.01. The van der Waals surface area contributed by atoms with Gasteiger partial charge in [0.25, 0.3) is 0 Å². The topological polar surface area (TPSA) is 46.9 Å². The summed E-state index contributed by atoms with van der Waals surface area (Å²) in [6.45, 7) is 5.85. The van der Waals surface area contributed by atoms with Gasteiger partial charge in [0, 0.05) is 13.1 Å². The number of rotatable bonds is 3. The van der Waals surface area contributed by atoms with Crippen molar-refractivity contribution in [3.05, 3.63) is 52.9 Å². The summed E-state index contributed by atoms with van der Waals surface area (Å²) in [5, 5.41) is 7.14. The van der Waals surface area contributed by atoms with Crippen LogP contribution in [0.15, 0.2) is 30.3 Å². The van der Waals surface area contributed by atoms with Crippen LogP contribution in [0.2, 0.25) is 0 Å². The monoisotopic (exact) mass is 269 g/mol. The van der Waals surface area contributed by atoms with Crippen molar-refractivity contribution in [2.75, 3.05) is 5.32 Å². The van der Waals surface area contributed by atoms with Crippen LogP contribution < -0.4 is 5.32 Å². The molecule has 0 spiro atoms. The van der Waals surface area contributed by atoms with Gasteiger partial charge in [-0.3, -0.25) is 9.48 Å². The number of nitrogens with zero attached hydrogens (tertiary/aromatic N) is 2. The first kappa shape index (κ1) is 14.1. The number of hydrogen-bond acceptors (Lipinski definition) is 2. The van der Waals surface area contributed by atoms with E-state index in [-0.39, 0.29) is 5.91 Å². The number of nitrogens with one attached hydrogen (secondary N) is 1. The van der Waals surface area contributed by atoms with Crippen LogP contribution in [-0.2, 0) is 11.8 Å². The summed E-state index contributed by atoms with van der Waals surface area (Å²) in [5.74, 6) is -0.148. The number of anilines is 1. The van der Waals surface area contributed by atoms with E-state index in [4.69, 9.17) is 0 Å². The Labute approximate surface area is 119 Å². The van der Waals surface area contributed by atoms with E-state index in [9.17, 15) is 4.79 Å². The molecule has 4 nitrogen and oxygen atoms in total. The molecule has 0 unspecified atom stereocenters. The summed E-state index contributed by atoms with van der Waals surface area (Å²) in [6.07, 6.45) is 3.34. The molecule has 20 heavy (non-hydrogen) atoms. The lowest BCUT2D eigenvalue weighted by atomic mass is 10.1. The van der Waals surface area contributed by atoms with E-state index in [1.165, 1.54) is 11.6 Å². The predicted molar refractivity (Wildman–Crippen MR) is 81.5 cm³/mol. The molecule has 0 saturated carbocycles. The SMILES string of the molecule is Cc1ccc(/C=C/C(=O)Nc2c(C)nn(C)c2C)cc1. The number of aromatic nitrogens is 2. The van der Waals surface area contributed by atoms with Gasteiger partial charge in [-0.25, -0.2) is 0 Å². The number of aryl methyl sites for hydroxylation is 3. The van der Waals surface area contributed by atoms with Crippen molar-refractivity contribution in [2.45, 2.75) is 20.8 Å². The van der Waals surface area contributed by atoms with Gasteiger partial charge < -0.3 is 5.32 Å². The van der Waals surface area contributed by atoms with Crippen LogP contribution in [-0.4, -0.2) is 15.7 Å². The lowest BCUT2D eigenvalue weighted by Crippen LogP contribution is -2.09. The Hall–Kier alpha value is -2.36. The molecule has 0 radical (unpaired) electrons. The molecule has 2 aromatic rings. The highest BCUT2D eigenvalue weighted by atomic mass is 16.1. The number of carbonyl (C=O) groups excluding carboxylic acids is 1. The van der Waals surface area contributed by atoms with Gasteiger partial charge >= 0.3 is 0 Å². The highest BCUT2D eigenvalue weighted by molar-refractivity contribution is 6.02. The molecule has 0 aliphatic heterocycles. The summed E-state index contributed by atoms with van der Waals surface area (Å²) in [5.41, 5.74) is 4.76. The van der Waals surface area contributed by atoms with Gasteiger partial charge in [-0.05, 0) is 32.4 Å². The zero-order valence-electron chi connectivity index (χ0n) is 12.3. The number of benzene rings is 1. The summed E-state index contributed by atoms with van der Waals surface area (Å²) in [7, 11) is 1.86. The third-order valence-corrected chi connectivity index (χ3v) is 3.26. The van der Waals surface area contributed by atoms with E-state index in [0.29, 0.717) is 0 Å². The molecule has 1 aromatic carbocycles. The van der Waals surface area contributed by atoms with E-state index in [1.54, 1.807) is 10.8 Å². The zero-order chi connectivity index (χ0) is 14.7. The molecular formula is C16H19N3O. The molecular weight excluding hydrogens is 250 g/mol. The second-order valence-electron chi connectivity index (χ2n) is 4.90. The maximum atomic E-state index is 11.9. The average molecular weight is 269 g/mol. The zero-order valence-corrected chi connectivity index (χ0v) is 12.3. The molecule has 2 rings (SSSR count). The van der Waals surface area contributed by atoms with Crippen LogP contribution in [0.25, 0.3) is 6.08 Å². The van der Waals surface area contributed by atoms with Crippen LogP contribution >= 0.6 is 0 Å². The molecule has 0 fully saturated rings. The Bertz CT molecular complexity index is 651. The molecule has 0 atom stereocenters. The van der Waals surface area contributed by atoms with E-state index >= 15 is 0 Å². The highest BCUT2D eigenvalue weighted by Crippen LogP contribution is 2.18. The van der Waals surface area contributed by atoms with Gasteiger partial charge in [-0.15, -0.1) is 0 Å². The summed E-state index contributed by atoms with van der Waals surface area (Å²) in [4.78, 5) is 11.9. The Kier molecular flexibility index (Phi) is 4.03. The molecule has 1 aromatic heterocycles. The van der Waals surface area contributed by atoms with Gasteiger partial charge in [-0.2, -0.15) is 5.10 Å². The van der Waals surface area contributed by atoms with E-state index in [1.807, 2.05) is 52.1 Å². The third-order valence-electron chi connectivity index (χ3n) is 3.26. The first-order valence-electron chi connectivity index (χ1n) is 6.53. The normalized spacial score (nSPS) is 11.0. The predicted octanol–water partition coefficient (Wildman–Crippen LogP) is 3.00. The highest BCUT2D eigenvalue weighted by Gasteiger charge is 2.10. The number of carbonyl (C=O) groups is 1. The first-order chi connectivity index (χ1) is 9.47. The molecule has 1 heterocycles. The van der Waals surface area contributed by atoms with Crippen molar-refractivity contribution in [1.29, 1.82) is 0 Å². The standard InChI is InChI=1S/C16H19N3O/c1-11-5-7-14(8-6-11)9-10-15(20)17-16-12(2)18-19(4)13(16)3/h5-10H,1-4H3,(H,17,20)/b10-9+. The minimum absolute atomic E-state index is 0.148. The summed E-state index contributed by atoms with van der Waals surface area (Å²) < 4.78 is 1.76. The lowest BCUT2D eigenvalue weighted by molar-refractivity contribution is -0.111. The minimum atomic E-state index is -0.148. The third kappa shape index (κ3) is 3.15. The summed E-state index contributed by atoms with van der Waals surface area (Å²) >= 11 is 0. The molecule has 0 saturated heterocycles. The minimum Gasteiger partial charge on any atom is -0.319 e. The Morgan fingerprint density at radius 1 is 1.20 bits per heavy atom. The smallest absolute Gasteiger partial charge is 0.248 e. The van der Waals surface area contributed by atoms with E-state index in [0.717, 1.165) is 22.6 Å². The quantitative estimate of drug-likeness (QED) is 0.871. The molecule has 104 valence electrons. The maximum Gasteiger partial charge on any atom is 0.248 e.